The van der Waals surface area contributed by atoms with Gasteiger partial charge < -0.3 is 9.47 Å². The summed E-state index contributed by atoms with van der Waals surface area (Å²) in [5.74, 6) is 0.0870. The summed E-state index contributed by atoms with van der Waals surface area (Å²) in [7, 11) is -3.64. The smallest absolute Gasteiger partial charge is 0.344 e. The summed E-state index contributed by atoms with van der Waals surface area (Å²) in [6.07, 6.45) is 0.471. The molecule has 0 amide bonds. The molecule has 168 valence electrons. The van der Waals surface area contributed by atoms with Crippen LogP contribution in [0.25, 0.3) is 11.1 Å². The van der Waals surface area contributed by atoms with Crippen molar-refractivity contribution in [3.8, 4) is 16.9 Å². The molecule has 0 aromatic heterocycles. The third kappa shape index (κ3) is 6.82. The molecule has 8 heteroatoms. The van der Waals surface area contributed by atoms with Gasteiger partial charge in [-0.25, -0.2) is 17.9 Å². The Morgan fingerprint density at radius 1 is 0.969 bits per heavy atom. The first-order valence-corrected chi connectivity index (χ1v) is 12.0. The van der Waals surface area contributed by atoms with E-state index in [2.05, 4.69) is 4.72 Å². The lowest BCUT2D eigenvalue weighted by molar-refractivity contribution is -0.145. The summed E-state index contributed by atoms with van der Waals surface area (Å²) in [5.41, 5.74) is 2.74. The Labute approximate surface area is 193 Å². The van der Waals surface area contributed by atoms with E-state index in [1.165, 1.54) is 0 Å². The number of halogens is 1. The number of hydrogen-bond donors (Lipinski definition) is 1. The number of rotatable bonds is 10. The van der Waals surface area contributed by atoms with Crippen LogP contribution in [-0.4, -0.2) is 34.1 Å². The Morgan fingerprint density at radius 3 is 2.28 bits per heavy atom. The number of sulfonamides is 1. The molecule has 0 spiro atoms. The topological polar surface area (TPSA) is 81.7 Å². The minimum absolute atomic E-state index is 0.171. The van der Waals surface area contributed by atoms with Crippen molar-refractivity contribution < 1.29 is 22.7 Å². The van der Waals surface area contributed by atoms with E-state index in [4.69, 9.17) is 21.1 Å². The molecule has 1 N–H and O–H groups in total. The number of ether oxygens (including phenoxy) is 2. The van der Waals surface area contributed by atoms with E-state index in [1.54, 1.807) is 61.5 Å². The van der Waals surface area contributed by atoms with Gasteiger partial charge in [0.1, 0.15) is 5.75 Å². The van der Waals surface area contributed by atoms with Crippen molar-refractivity contribution in [1.82, 2.24) is 4.72 Å². The molecule has 0 aliphatic carbocycles. The number of carbonyl (C=O) groups excluding carboxylic acids is 1. The fourth-order valence-electron chi connectivity index (χ4n) is 3.02. The highest BCUT2D eigenvalue weighted by atomic mass is 35.5. The minimum Gasteiger partial charge on any atom is -0.482 e. The van der Waals surface area contributed by atoms with Gasteiger partial charge in [-0.15, -0.1) is 0 Å². The normalized spacial score (nSPS) is 11.2. The highest BCUT2D eigenvalue weighted by Gasteiger charge is 2.13. The van der Waals surface area contributed by atoms with Crippen LogP contribution in [0.15, 0.2) is 77.7 Å². The maximum Gasteiger partial charge on any atom is 0.344 e. The standard InChI is InChI=1S/C24H24ClNO5S/c1-2-30-24(27)17-31-22-5-3-4-18(16-22)14-15-26-32(28,29)23-12-8-20(9-13-23)19-6-10-21(25)11-7-19/h3-13,16,26H,2,14-15,17H2,1H3. The SMILES string of the molecule is CCOC(=O)COc1cccc(CCNS(=O)(=O)c2ccc(-c3ccc(Cl)cc3)cc2)c1. The van der Waals surface area contributed by atoms with Gasteiger partial charge in [-0.05, 0) is 66.4 Å². The number of nitrogens with one attached hydrogen (secondary N) is 1. The zero-order valence-corrected chi connectivity index (χ0v) is 19.2. The first-order valence-electron chi connectivity index (χ1n) is 10.1. The molecule has 3 aromatic rings. The van der Waals surface area contributed by atoms with E-state index in [9.17, 15) is 13.2 Å². The third-order valence-corrected chi connectivity index (χ3v) is 6.34. The van der Waals surface area contributed by atoms with E-state index in [0.29, 0.717) is 23.8 Å². The number of carbonyl (C=O) groups is 1. The number of esters is 1. The van der Waals surface area contributed by atoms with Gasteiger partial charge in [-0.1, -0.05) is 48.0 Å². The molecule has 0 heterocycles. The highest BCUT2D eigenvalue weighted by molar-refractivity contribution is 7.89. The summed E-state index contributed by atoms with van der Waals surface area (Å²) in [5, 5.41) is 0.647. The zero-order valence-electron chi connectivity index (χ0n) is 17.6. The van der Waals surface area contributed by atoms with Gasteiger partial charge in [0.2, 0.25) is 10.0 Å². The molecule has 3 aromatic carbocycles. The van der Waals surface area contributed by atoms with E-state index in [-0.39, 0.29) is 18.0 Å². The van der Waals surface area contributed by atoms with Crippen LogP contribution < -0.4 is 9.46 Å². The molecule has 0 aliphatic heterocycles. The average molecular weight is 474 g/mol. The molecule has 0 fully saturated rings. The molecule has 0 radical (unpaired) electrons. The van der Waals surface area contributed by atoms with Crippen LogP contribution in [0.2, 0.25) is 5.02 Å². The Kier molecular flexibility index (Phi) is 8.27. The Morgan fingerprint density at radius 2 is 1.62 bits per heavy atom. The molecule has 3 rings (SSSR count). The third-order valence-electron chi connectivity index (χ3n) is 4.61. The molecule has 32 heavy (non-hydrogen) atoms. The number of hydrogen-bond acceptors (Lipinski definition) is 5. The van der Waals surface area contributed by atoms with Crippen molar-refractivity contribution in [3.05, 3.63) is 83.4 Å². The van der Waals surface area contributed by atoms with Crippen molar-refractivity contribution in [1.29, 1.82) is 0 Å². The first-order chi connectivity index (χ1) is 15.4. The lowest BCUT2D eigenvalue weighted by Gasteiger charge is -2.10. The summed E-state index contributed by atoms with van der Waals surface area (Å²) >= 11 is 5.91. The second kappa shape index (κ2) is 11.1. The second-order valence-corrected chi connectivity index (χ2v) is 9.12. The largest absolute Gasteiger partial charge is 0.482 e. The van der Waals surface area contributed by atoms with Crippen molar-refractivity contribution in [2.45, 2.75) is 18.2 Å². The van der Waals surface area contributed by atoms with Gasteiger partial charge in [0.15, 0.2) is 6.61 Å². The Balaban J connectivity index is 1.55. The fraction of sp³-hybridized carbons (Fsp3) is 0.208. The van der Waals surface area contributed by atoms with Crippen LogP contribution in [0.4, 0.5) is 0 Å². The molecule has 0 saturated carbocycles. The highest BCUT2D eigenvalue weighted by Crippen LogP contribution is 2.23. The zero-order chi connectivity index (χ0) is 23.0. The molecule has 0 aliphatic rings. The monoisotopic (exact) mass is 473 g/mol. The molecule has 0 atom stereocenters. The average Bonchev–Trinajstić information content (AvgIpc) is 2.79. The summed E-state index contributed by atoms with van der Waals surface area (Å²) < 4.78 is 38.1. The maximum absolute atomic E-state index is 12.6. The van der Waals surface area contributed by atoms with Crippen LogP contribution in [-0.2, 0) is 26.0 Å². The van der Waals surface area contributed by atoms with Crippen LogP contribution in [0, 0.1) is 0 Å². The van der Waals surface area contributed by atoms with Crippen molar-refractivity contribution >= 4 is 27.6 Å². The lowest BCUT2D eigenvalue weighted by atomic mass is 10.1. The predicted octanol–water partition coefficient (Wildman–Crippen LogP) is 4.47. The molecular formula is C24H24ClNO5S. The van der Waals surface area contributed by atoms with Gasteiger partial charge in [0.05, 0.1) is 11.5 Å². The van der Waals surface area contributed by atoms with Crippen LogP contribution in [0.1, 0.15) is 12.5 Å². The Bertz CT molecular complexity index is 1150. The Hall–Kier alpha value is -2.87. The fourth-order valence-corrected chi connectivity index (χ4v) is 4.18. The quantitative estimate of drug-likeness (QED) is 0.439. The van der Waals surface area contributed by atoms with Gasteiger partial charge in [-0.2, -0.15) is 0 Å². The first kappa shape index (κ1) is 23.8. The van der Waals surface area contributed by atoms with Gasteiger partial charge in [-0.3, -0.25) is 0 Å². The molecular weight excluding hydrogens is 450 g/mol. The van der Waals surface area contributed by atoms with Gasteiger partial charge in [0.25, 0.3) is 0 Å². The molecule has 0 unspecified atom stereocenters. The van der Waals surface area contributed by atoms with E-state index < -0.39 is 16.0 Å². The van der Waals surface area contributed by atoms with Crippen LogP contribution in [0.3, 0.4) is 0 Å². The molecule has 6 nitrogen and oxygen atoms in total. The van der Waals surface area contributed by atoms with Gasteiger partial charge >= 0.3 is 5.97 Å². The summed E-state index contributed by atoms with van der Waals surface area (Å²) in [6.45, 7) is 2.08. The molecule has 0 bridgehead atoms. The van der Waals surface area contributed by atoms with Crippen LogP contribution in [0.5, 0.6) is 5.75 Å². The summed E-state index contributed by atoms with van der Waals surface area (Å²) in [4.78, 5) is 11.6. The van der Waals surface area contributed by atoms with Crippen molar-refractivity contribution in [2.24, 2.45) is 0 Å². The maximum atomic E-state index is 12.6. The van der Waals surface area contributed by atoms with E-state index in [0.717, 1.165) is 16.7 Å². The number of benzene rings is 3. The van der Waals surface area contributed by atoms with E-state index in [1.807, 2.05) is 18.2 Å². The predicted molar refractivity (Wildman–Crippen MR) is 124 cm³/mol. The van der Waals surface area contributed by atoms with Crippen LogP contribution >= 0.6 is 11.6 Å². The van der Waals surface area contributed by atoms with Crippen molar-refractivity contribution in [2.75, 3.05) is 19.8 Å². The van der Waals surface area contributed by atoms with E-state index >= 15 is 0 Å². The molecule has 0 saturated heterocycles. The van der Waals surface area contributed by atoms with Gasteiger partial charge in [0, 0.05) is 11.6 Å². The lowest BCUT2D eigenvalue weighted by Crippen LogP contribution is -2.26. The second-order valence-electron chi connectivity index (χ2n) is 6.92. The summed E-state index contributed by atoms with van der Waals surface area (Å²) in [6, 6.07) is 21.2. The van der Waals surface area contributed by atoms with Crippen molar-refractivity contribution in [3.63, 3.8) is 0 Å². The minimum atomic E-state index is -3.64.